The van der Waals surface area contributed by atoms with Gasteiger partial charge in [0.2, 0.25) is 0 Å². The average Bonchev–Trinajstić information content (AvgIpc) is 2.49. The quantitative estimate of drug-likeness (QED) is 0.898. The summed E-state index contributed by atoms with van der Waals surface area (Å²) in [6.45, 7) is 4.48. The molecule has 0 amide bonds. The molecule has 3 unspecified atom stereocenters. The Bertz CT molecular complexity index is 598. The zero-order valence-corrected chi connectivity index (χ0v) is 12.8. The van der Waals surface area contributed by atoms with Gasteiger partial charge in [-0.2, -0.15) is 0 Å². The summed E-state index contributed by atoms with van der Waals surface area (Å²) in [5.74, 6) is 2.99. The van der Waals surface area contributed by atoms with Crippen molar-refractivity contribution in [3.05, 3.63) is 47.3 Å². The smallest absolute Gasteiger partial charge is 0.152 e. The van der Waals surface area contributed by atoms with Crippen LogP contribution in [0, 0.1) is 11.8 Å². The van der Waals surface area contributed by atoms with Crippen molar-refractivity contribution in [1.82, 2.24) is 0 Å². The molecule has 0 aliphatic carbocycles. The molecule has 0 bridgehead atoms. The van der Waals surface area contributed by atoms with Crippen LogP contribution in [-0.2, 0) is 0 Å². The molecular weight excluding hydrogens is 258 g/mol. The average molecular weight is 281 g/mol. The topological polar surface area (TPSA) is 50.7 Å². The van der Waals surface area contributed by atoms with Gasteiger partial charge in [-0.15, -0.1) is 0 Å². The first kappa shape index (κ1) is 14.1. The zero-order valence-electron chi connectivity index (χ0n) is 12.8. The van der Waals surface area contributed by atoms with Crippen LogP contribution in [0.3, 0.4) is 0 Å². The second-order valence-corrected chi connectivity index (χ2v) is 6.37. The molecule has 21 heavy (non-hydrogen) atoms. The fraction of sp³-hybridized carbons (Fsp3) is 0.444. The molecule has 0 aromatic heterocycles. The number of amidine groups is 1. The SMILES string of the molecule is CC1C=NC2=C(C1)CC(CC(C)c1ccccc1)C(N)=N2. The molecule has 2 aliphatic rings. The van der Waals surface area contributed by atoms with Crippen LogP contribution in [-0.4, -0.2) is 12.1 Å². The van der Waals surface area contributed by atoms with E-state index >= 15 is 0 Å². The van der Waals surface area contributed by atoms with Gasteiger partial charge < -0.3 is 5.73 Å². The van der Waals surface area contributed by atoms with Gasteiger partial charge in [-0.1, -0.05) is 44.2 Å². The van der Waals surface area contributed by atoms with E-state index in [2.05, 4.69) is 54.2 Å². The van der Waals surface area contributed by atoms with Crippen molar-refractivity contribution in [1.29, 1.82) is 0 Å². The maximum atomic E-state index is 6.19. The highest BCUT2D eigenvalue weighted by atomic mass is 15.0. The number of allylic oxidation sites excluding steroid dienone is 1. The fourth-order valence-electron chi connectivity index (χ4n) is 3.27. The van der Waals surface area contributed by atoms with Gasteiger partial charge >= 0.3 is 0 Å². The molecule has 3 atom stereocenters. The monoisotopic (exact) mass is 281 g/mol. The van der Waals surface area contributed by atoms with E-state index in [1.54, 1.807) is 0 Å². The van der Waals surface area contributed by atoms with E-state index in [9.17, 15) is 0 Å². The van der Waals surface area contributed by atoms with Gasteiger partial charge in [0.25, 0.3) is 0 Å². The standard InChI is InChI=1S/C18H23N3/c1-12-8-16-10-15(17(19)21-18(16)20-11-12)9-13(2)14-6-4-3-5-7-14/h3-7,11-13,15H,8-10H2,1-2H3,(H2,19,21). The predicted molar refractivity (Wildman–Crippen MR) is 88.5 cm³/mol. The summed E-state index contributed by atoms with van der Waals surface area (Å²) in [6, 6.07) is 10.6. The van der Waals surface area contributed by atoms with Crippen LogP contribution >= 0.6 is 0 Å². The van der Waals surface area contributed by atoms with E-state index in [4.69, 9.17) is 5.73 Å². The lowest BCUT2D eigenvalue weighted by atomic mass is 9.82. The molecule has 2 N–H and O–H groups in total. The van der Waals surface area contributed by atoms with Crippen LogP contribution in [0.2, 0.25) is 0 Å². The Labute approximate surface area is 126 Å². The number of rotatable bonds is 3. The summed E-state index contributed by atoms with van der Waals surface area (Å²) >= 11 is 0. The van der Waals surface area contributed by atoms with Gasteiger partial charge in [0.05, 0.1) is 0 Å². The predicted octanol–water partition coefficient (Wildman–Crippen LogP) is 3.88. The van der Waals surface area contributed by atoms with Crippen LogP contribution in [0.5, 0.6) is 0 Å². The van der Waals surface area contributed by atoms with E-state index in [1.165, 1.54) is 11.1 Å². The summed E-state index contributed by atoms with van der Waals surface area (Å²) in [5.41, 5.74) is 8.94. The Kier molecular flexibility index (Phi) is 3.91. The maximum Gasteiger partial charge on any atom is 0.152 e. The van der Waals surface area contributed by atoms with Crippen molar-refractivity contribution >= 4 is 12.1 Å². The number of nitrogens with zero attached hydrogens (tertiary/aromatic N) is 2. The molecule has 3 heteroatoms. The van der Waals surface area contributed by atoms with Crippen LogP contribution in [0.4, 0.5) is 0 Å². The lowest BCUT2D eigenvalue weighted by Crippen LogP contribution is -2.29. The Morgan fingerprint density at radius 2 is 2.00 bits per heavy atom. The van der Waals surface area contributed by atoms with Gasteiger partial charge in [0, 0.05) is 12.1 Å². The van der Waals surface area contributed by atoms with Crippen molar-refractivity contribution in [3.63, 3.8) is 0 Å². The van der Waals surface area contributed by atoms with Crippen molar-refractivity contribution in [2.75, 3.05) is 0 Å². The van der Waals surface area contributed by atoms with Gasteiger partial charge in [-0.25, -0.2) is 9.98 Å². The number of benzene rings is 1. The second-order valence-electron chi connectivity index (χ2n) is 6.37. The normalized spacial score (nSPS) is 26.3. The third kappa shape index (κ3) is 3.07. The molecule has 3 rings (SSSR count). The molecule has 3 nitrogen and oxygen atoms in total. The minimum absolute atomic E-state index is 0.347. The zero-order chi connectivity index (χ0) is 14.8. The number of hydrogen-bond acceptors (Lipinski definition) is 3. The molecular formula is C18H23N3. The van der Waals surface area contributed by atoms with Crippen molar-refractivity contribution in [2.45, 2.75) is 39.0 Å². The number of nitrogens with two attached hydrogens (primary N) is 1. The van der Waals surface area contributed by atoms with Gasteiger partial charge in [-0.05, 0) is 42.2 Å². The molecule has 2 aliphatic heterocycles. The highest BCUT2D eigenvalue weighted by Gasteiger charge is 2.27. The highest BCUT2D eigenvalue weighted by molar-refractivity contribution is 5.86. The van der Waals surface area contributed by atoms with E-state index in [0.717, 1.165) is 30.9 Å². The summed E-state index contributed by atoms with van der Waals surface area (Å²) in [4.78, 5) is 8.98. The van der Waals surface area contributed by atoms with Crippen LogP contribution in [0.15, 0.2) is 51.7 Å². The summed E-state index contributed by atoms with van der Waals surface area (Å²) in [7, 11) is 0. The highest BCUT2D eigenvalue weighted by Crippen LogP contribution is 2.35. The molecule has 2 heterocycles. The van der Waals surface area contributed by atoms with E-state index < -0.39 is 0 Å². The summed E-state index contributed by atoms with van der Waals surface area (Å²) in [5, 5.41) is 0. The Morgan fingerprint density at radius 3 is 2.76 bits per heavy atom. The van der Waals surface area contributed by atoms with Crippen LogP contribution in [0.1, 0.15) is 44.6 Å². The number of hydrogen-bond donors (Lipinski definition) is 1. The molecule has 1 aromatic rings. The molecule has 0 spiro atoms. The molecule has 0 saturated heterocycles. The minimum Gasteiger partial charge on any atom is -0.387 e. The largest absolute Gasteiger partial charge is 0.387 e. The van der Waals surface area contributed by atoms with Crippen molar-refractivity contribution in [3.8, 4) is 0 Å². The molecule has 110 valence electrons. The molecule has 0 saturated carbocycles. The first-order valence-corrected chi connectivity index (χ1v) is 7.78. The first-order chi connectivity index (χ1) is 10.1. The molecule has 0 fully saturated rings. The molecule has 0 radical (unpaired) electrons. The lowest BCUT2D eigenvalue weighted by molar-refractivity contribution is 0.521. The van der Waals surface area contributed by atoms with E-state index in [0.29, 0.717) is 17.8 Å². The molecule has 1 aromatic carbocycles. The fourth-order valence-corrected chi connectivity index (χ4v) is 3.27. The summed E-state index contributed by atoms with van der Waals surface area (Å²) < 4.78 is 0. The van der Waals surface area contributed by atoms with Crippen molar-refractivity contribution < 1.29 is 0 Å². The van der Waals surface area contributed by atoms with E-state index in [1.807, 2.05) is 6.21 Å². The minimum atomic E-state index is 0.347. The maximum absolute atomic E-state index is 6.19. The second kappa shape index (κ2) is 5.84. The Morgan fingerprint density at radius 1 is 1.24 bits per heavy atom. The van der Waals surface area contributed by atoms with E-state index in [-0.39, 0.29) is 0 Å². The van der Waals surface area contributed by atoms with Gasteiger partial charge in [0.15, 0.2) is 5.82 Å². The van der Waals surface area contributed by atoms with Crippen molar-refractivity contribution in [2.24, 2.45) is 27.6 Å². The van der Waals surface area contributed by atoms with Gasteiger partial charge in [-0.3, -0.25) is 0 Å². The summed E-state index contributed by atoms with van der Waals surface area (Å²) in [6.07, 6.45) is 5.13. The van der Waals surface area contributed by atoms with Crippen LogP contribution in [0.25, 0.3) is 0 Å². The Balaban J connectivity index is 1.72. The third-order valence-corrected chi connectivity index (χ3v) is 4.49. The van der Waals surface area contributed by atoms with Gasteiger partial charge in [0.1, 0.15) is 5.84 Å². The lowest BCUT2D eigenvalue weighted by Gasteiger charge is -2.28. The van der Waals surface area contributed by atoms with Crippen LogP contribution < -0.4 is 5.73 Å². The first-order valence-electron chi connectivity index (χ1n) is 7.78. The third-order valence-electron chi connectivity index (χ3n) is 4.49. The Hall–Kier alpha value is -1.90. The number of aliphatic imine (C=N–C) groups is 2.